The Labute approximate surface area is 64.6 Å². The van der Waals surface area contributed by atoms with Gasteiger partial charge in [-0.05, 0) is 0 Å². The van der Waals surface area contributed by atoms with Gasteiger partial charge in [0.25, 0.3) is 0 Å². The van der Waals surface area contributed by atoms with Gasteiger partial charge in [0.15, 0.2) is 0 Å². The van der Waals surface area contributed by atoms with Crippen molar-refractivity contribution in [3.8, 4) is 0 Å². The van der Waals surface area contributed by atoms with Crippen molar-refractivity contribution < 1.29 is 9.53 Å². The van der Waals surface area contributed by atoms with Gasteiger partial charge in [0, 0.05) is 0 Å². The molecule has 2 N–H and O–H groups in total. The van der Waals surface area contributed by atoms with Gasteiger partial charge in [-0.3, -0.25) is 4.79 Å². The minimum atomic E-state index is -0.0273. The smallest absolute Gasteiger partial charge is 0.233 e. The van der Waals surface area contributed by atoms with E-state index in [-0.39, 0.29) is 17.9 Å². The van der Waals surface area contributed by atoms with E-state index in [9.17, 15) is 4.79 Å². The second kappa shape index (κ2) is 2.23. The molecule has 2 atom stereocenters. The minimum absolute atomic E-state index is 0.0243. The number of fused-ring (bicyclic) bond motifs is 1. The predicted octanol–water partition coefficient (Wildman–Crippen LogP) is -0.808. The van der Waals surface area contributed by atoms with Crippen molar-refractivity contribution in [2.75, 3.05) is 13.2 Å². The quantitative estimate of drug-likeness (QED) is 0.480. The third-order valence-corrected chi connectivity index (χ3v) is 2.05. The monoisotopic (exact) mass is 154 g/mol. The Balaban J connectivity index is 2.16. The van der Waals surface area contributed by atoms with Crippen LogP contribution >= 0.6 is 0 Å². The zero-order valence-electron chi connectivity index (χ0n) is 6.09. The molecule has 0 aromatic rings. The van der Waals surface area contributed by atoms with E-state index in [4.69, 9.17) is 4.74 Å². The maximum atomic E-state index is 11.2. The van der Waals surface area contributed by atoms with Crippen LogP contribution in [0.25, 0.3) is 0 Å². The van der Waals surface area contributed by atoms with Gasteiger partial charge in [-0.25, -0.2) is 0 Å². The maximum absolute atomic E-state index is 11.2. The molecule has 0 bridgehead atoms. The van der Waals surface area contributed by atoms with Crippen molar-refractivity contribution in [1.29, 1.82) is 0 Å². The van der Waals surface area contributed by atoms with Crippen molar-refractivity contribution in [3.05, 3.63) is 12.4 Å². The van der Waals surface area contributed by atoms with Gasteiger partial charge in [0.05, 0.1) is 31.0 Å². The molecular formula is C7H10N2O2. The molecule has 2 aliphatic rings. The first-order valence-corrected chi connectivity index (χ1v) is 3.61. The zero-order chi connectivity index (χ0) is 7.84. The van der Waals surface area contributed by atoms with Crippen LogP contribution in [-0.4, -0.2) is 25.2 Å². The minimum Gasteiger partial charge on any atom is -0.378 e. The predicted molar refractivity (Wildman–Crippen MR) is 38.5 cm³/mol. The number of hydrogen-bond donors (Lipinski definition) is 2. The molecule has 0 spiro atoms. The summed E-state index contributed by atoms with van der Waals surface area (Å²) in [5.41, 5.74) is 0. The van der Waals surface area contributed by atoms with E-state index in [1.165, 1.54) is 0 Å². The topological polar surface area (TPSA) is 50.4 Å². The van der Waals surface area contributed by atoms with Crippen molar-refractivity contribution in [2.45, 2.75) is 6.04 Å². The molecular weight excluding hydrogens is 144 g/mol. The maximum Gasteiger partial charge on any atom is 0.233 e. The summed E-state index contributed by atoms with van der Waals surface area (Å²) in [6.45, 7) is 4.76. The van der Waals surface area contributed by atoms with Crippen LogP contribution in [0.2, 0.25) is 0 Å². The van der Waals surface area contributed by atoms with Gasteiger partial charge in [-0.15, -0.1) is 0 Å². The summed E-state index contributed by atoms with van der Waals surface area (Å²) < 4.78 is 5.15. The Morgan fingerprint density at radius 1 is 1.55 bits per heavy atom. The Bertz CT molecular complexity index is 214. The van der Waals surface area contributed by atoms with Gasteiger partial charge in [0.1, 0.15) is 0 Å². The van der Waals surface area contributed by atoms with Gasteiger partial charge in [-0.2, -0.15) is 0 Å². The molecule has 2 unspecified atom stereocenters. The molecule has 1 amide bonds. The molecule has 0 aromatic carbocycles. The summed E-state index contributed by atoms with van der Waals surface area (Å²) in [6.07, 6.45) is 0. The molecule has 0 radical (unpaired) electrons. The highest BCUT2D eigenvalue weighted by molar-refractivity contribution is 5.82. The SMILES string of the molecule is C=C1NC(=O)C2COCC2N1. The second-order valence-corrected chi connectivity index (χ2v) is 2.86. The Kier molecular flexibility index (Phi) is 1.35. The Hall–Kier alpha value is -1.03. The number of carbonyl (C=O) groups excluding carboxylic acids is 1. The fourth-order valence-electron chi connectivity index (χ4n) is 1.46. The average molecular weight is 154 g/mol. The van der Waals surface area contributed by atoms with Gasteiger partial charge in [0.2, 0.25) is 5.91 Å². The molecule has 60 valence electrons. The first-order valence-electron chi connectivity index (χ1n) is 3.61. The van der Waals surface area contributed by atoms with Gasteiger partial charge < -0.3 is 15.4 Å². The van der Waals surface area contributed by atoms with E-state index < -0.39 is 0 Å². The number of nitrogens with one attached hydrogen (secondary N) is 2. The molecule has 4 nitrogen and oxygen atoms in total. The number of ether oxygens (including phenoxy) is 1. The van der Waals surface area contributed by atoms with E-state index >= 15 is 0 Å². The van der Waals surface area contributed by atoms with Crippen LogP contribution in [0.3, 0.4) is 0 Å². The summed E-state index contributed by atoms with van der Waals surface area (Å²) >= 11 is 0. The highest BCUT2D eigenvalue weighted by atomic mass is 16.5. The lowest BCUT2D eigenvalue weighted by Gasteiger charge is -2.26. The molecule has 11 heavy (non-hydrogen) atoms. The molecule has 4 heteroatoms. The van der Waals surface area contributed by atoms with Crippen LogP contribution in [0.15, 0.2) is 12.4 Å². The van der Waals surface area contributed by atoms with E-state index in [1.807, 2.05) is 0 Å². The zero-order valence-corrected chi connectivity index (χ0v) is 6.09. The second-order valence-electron chi connectivity index (χ2n) is 2.86. The molecule has 2 rings (SSSR count). The molecule has 0 aliphatic carbocycles. The van der Waals surface area contributed by atoms with E-state index in [2.05, 4.69) is 17.2 Å². The molecule has 2 heterocycles. The third-order valence-electron chi connectivity index (χ3n) is 2.05. The number of rotatable bonds is 0. The Morgan fingerprint density at radius 3 is 3.18 bits per heavy atom. The molecule has 2 saturated heterocycles. The van der Waals surface area contributed by atoms with Gasteiger partial charge >= 0.3 is 0 Å². The average Bonchev–Trinajstić information content (AvgIpc) is 2.34. The molecule has 2 aliphatic heterocycles. The summed E-state index contributed by atoms with van der Waals surface area (Å²) in [7, 11) is 0. The van der Waals surface area contributed by atoms with Crippen LogP contribution in [-0.2, 0) is 9.53 Å². The van der Waals surface area contributed by atoms with Crippen molar-refractivity contribution >= 4 is 5.91 Å². The van der Waals surface area contributed by atoms with E-state index in [0.29, 0.717) is 19.0 Å². The largest absolute Gasteiger partial charge is 0.378 e. The van der Waals surface area contributed by atoms with Gasteiger partial charge in [-0.1, -0.05) is 6.58 Å². The third kappa shape index (κ3) is 0.991. The highest BCUT2D eigenvalue weighted by Crippen LogP contribution is 2.17. The molecule has 2 fully saturated rings. The summed E-state index contributed by atoms with van der Waals surface area (Å²) in [5.74, 6) is 0.582. The first kappa shape index (κ1) is 6.67. The van der Waals surface area contributed by atoms with E-state index in [0.717, 1.165) is 0 Å². The summed E-state index contributed by atoms with van der Waals surface area (Å²) in [6, 6.07) is 0.135. The van der Waals surface area contributed by atoms with Crippen molar-refractivity contribution in [1.82, 2.24) is 10.6 Å². The number of amides is 1. The highest BCUT2D eigenvalue weighted by Gasteiger charge is 2.37. The Morgan fingerprint density at radius 2 is 2.36 bits per heavy atom. The molecule has 0 saturated carbocycles. The van der Waals surface area contributed by atoms with Crippen molar-refractivity contribution in [3.63, 3.8) is 0 Å². The summed E-state index contributed by atoms with van der Waals surface area (Å²) in [4.78, 5) is 11.2. The number of carbonyl (C=O) groups is 1. The normalized spacial score (nSPS) is 36.0. The summed E-state index contributed by atoms with van der Waals surface area (Å²) in [5, 5.41) is 5.68. The van der Waals surface area contributed by atoms with Crippen molar-refractivity contribution in [2.24, 2.45) is 5.92 Å². The van der Waals surface area contributed by atoms with Crippen LogP contribution in [0.5, 0.6) is 0 Å². The van der Waals surface area contributed by atoms with Crippen LogP contribution < -0.4 is 10.6 Å². The van der Waals surface area contributed by atoms with E-state index in [1.54, 1.807) is 0 Å². The lowest BCUT2D eigenvalue weighted by atomic mass is 10.0. The lowest BCUT2D eigenvalue weighted by molar-refractivity contribution is -0.125. The standard InChI is InChI=1S/C7H10N2O2/c1-4-8-6-3-11-2-5(6)7(10)9-4/h5-6,8H,1-3H2,(H,9,10). The number of hydrogen-bond acceptors (Lipinski definition) is 3. The first-order chi connectivity index (χ1) is 5.27. The fraction of sp³-hybridized carbons (Fsp3) is 0.571. The van der Waals surface area contributed by atoms with Crippen LogP contribution in [0.1, 0.15) is 0 Å². The van der Waals surface area contributed by atoms with Crippen LogP contribution in [0, 0.1) is 5.92 Å². The fourth-order valence-corrected chi connectivity index (χ4v) is 1.46. The lowest BCUT2D eigenvalue weighted by Crippen LogP contribution is -2.52. The molecule has 0 aromatic heterocycles. The van der Waals surface area contributed by atoms with Crippen LogP contribution in [0.4, 0.5) is 0 Å².